The Hall–Kier alpha value is -2.75. The molecule has 2 fully saturated rings. The largest absolute Gasteiger partial charge is 0.343 e. The number of piperidine rings is 1. The predicted octanol–water partition coefficient (Wildman–Crippen LogP) is 1.92. The van der Waals surface area contributed by atoms with Crippen LogP contribution in [0.2, 0.25) is 0 Å². The number of thioether (sulfide) groups is 1. The van der Waals surface area contributed by atoms with Gasteiger partial charge in [-0.15, -0.1) is 0 Å². The molecule has 4 rings (SSSR count). The van der Waals surface area contributed by atoms with Gasteiger partial charge in [0.25, 0.3) is 11.1 Å². The molecule has 0 atom stereocenters. The molecule has 0 N–H and O–H groups in total. The van der Waals surface area contributed by atoms with E-state index in [4.69, 9.17) is 4.52 Å². The number of rotatable bonds is 5. The van der Waals surface area contributed by atoms with Crippen molar-refractivity contribution in [3.63, 3.8) is 0 Å². The van der Waals surface area contributed by atoms with E-state index in [0.717, 1.165) is 29.5 Å². The van der Waals surface area contributed by atoms with E-state index < -0.39 is 0 Å². The van der Waals surface area contributed by atoms with Crippen molar-refractivity contribution in [3.8, 4) is 11.6 Å². The molecule has 0 saturated carbocycles. The molecule has 2 saturated heterocycles. The maximum Gasteiger partial charge on any atom is 0.288 e. The molecule has 0 aromatic carbocycles. The Morgan fingerprint density at radius 1 is 1.25 bits per heavy atom. The molecule has 4 heterocycles. The van der Waals surface area contributed by atoms with Crippen LogP contribution in [0.15, 0.2) is 28.9 Å². The van der Waals surface area contributed by atoms with Gasteiger partial charge in [0.05, 0.1) is 5.75 Å². The van der Waals surface area contributed by atoms with Crippen LogP contribution in [0, 0.1) is 0 Å². The van der Waals surface area contributed by atoms with Crippen LogP contribution < -0.4 is 0 Å². The fourth-order valence-electron chi connectivity index (χ4n) is 3.34. The molecule has 9 nitrogen and oxygen atoms in total. The molecule has 0 aliphatic carbocycles. The van der Waals surface area contributed by atoms with Crippen molar-refractivity contribution < 1.29 is 18.9 Å². The van der Waals surface area contributed by atoms with Gasteiger partial charge in [-0.1, -0.05) is 23.0 Å². The van der Waals surface area contributed by atoms with E-state index in [-0.39, 0.29) is 41.7 Å². The number of amides is 3. The van der Waals surface area contributed by atoms with Crippen molar-refractivity contribution >= 4 is 28.8 Å². The SMILES string of the molecule is O=C(CCN1C(=O)CSC1=O)N1CCC(c2noc(-c3ccccn3)n2)CC1. The first-order valence-corrected chi connectivity index (χ1v) is 10.1. The molecule has 0 radical (unpaired) electrons. The number of hydrogen-bond donors (Lipinski definition) is 0. The minimum Gasteiger partial charge on any atom is -0.343 e. The average molecular weight is 401 g/mol. The Labute approximate surface area is 165 Å². The summed E-state index contributed by atoms with van der Waals surface area (Å²) in [5.41, 5.74) is 0.637. The van der Waals surface area contributed by atoms with E-state index >= 15 is 0 Å². The number of hydrogen-bond acceptors (Lipinski definition) is 8. The normalized spacial score (nSPS) is 18.1. The molecule has 0 unspecified atom stereocenters. The van der Waals surface area contributed by atoms with Crippen molar-refractivity contribution in [2.24, 2.45) is 0 Å². The Bertz CT molecular complexity index is 863. The third-order valence-electron chi connectivity index (χ3n) is 4.93. The smallest absolute Gasteiger partial charge is 0.288 e. The lowest BCUT2D eigenvalue weighted by molar-refractivity contribution is -0.133. The van der Waals surface area contributed by atoms with Crippen LogP contribution in [0.25, 0.3) is 11.6 Å². The monoisotopic (exact) mass is 401 g/mol. The molecule has 146 valence electrons. The minimum atomic E-state index is -0.266. The number of aromatic nitrogens is 3. The molecule has 3 amide bonds. The lowest BCUT2D eigenvalue weighted by Crippen LogP contribution is -2.40. The second-order valence-corrected chi connectivity index (χ2v) is 7.60. The summed E-state index contributed by atoms with van der Waals surface area (Å²) < 4.78 is 5.32. The lowest BCUT2D eigenvalue weighted by Gasteiger charge is -2.31. The number of pyridine rings is 1. The van der Waals surface area contributed by atoms with Gasteiger partial charge in [-0.05, 0) is 25.0 Å². The highest BCUT2D eigenvalue weighted by atomic mass is 32.2. The van der Waals surface area contributed by atoms with Gasteiger partial charge >= 0.3 is 0 Å². The lowest BCUT2D eigenvalue weighted by atomic mass is 9.96. The Morgan fingerprint density at radius 3 is 2.75 bits per heavy atom. The second kappa shape index (κ2) is 8.09. The molecule has 2 aromatic rings. The van der Waals surface area contributed by atoms with Gasteiger partial charge < -0.3 is 9.42 Å². The molecule has 2 aliphatic heterocycles. The number of carbonyl (C=O) groups is 3. The molecular formula is C18H19N5O4S. The number of imide groups is 1. The number of carbonyl (C=O) groups excluding carboxylic acids is 3. The van der Waals surface area contributed by atoms with Gasteiger partial charge in [0.2, 0.25) is 11.8 Å². The van der Waals surface area contributed by atoms with Gasteiger partial charge in [0.1, 0.15) is 5.69 Å². The maximum absolute atomic E-state index is 12.4. The Morgan fingerprint density at radius 2 is 2.07 bits per heavy atom. The first-order valence-electron chi connectivity index (χ1n) is 9.11. The van der Waals surface area contributed by atoms with Crippen molar-refractivity contribution in [2.45, 2.75) is 25.2 Å². The van der Waals surface area contributed by atoms with E-state index in [2.05, 4.69) is 15.1 Å². The fourth-order valence-corrected chi connectivity index (χ4v) is 4.10. The van der Waals surface area contributed by atoms with Crippen LogP contribution in [-0.4, -0.2) is 67.4 Å². The van der Waals surface area contributed by atoms with Gasteiger partial charge in [-0.2, -0.15) is 4.98 Å². The fraction of sp³-hybridized carbons (Fsp3) is 0.444. The zero-order valence-corrected chi connectivity index (χ0v) is 15.9. The average Bonchev–Trinajstić information content (AvgIpc) is 3.34. The number of nitrogens with zero attached hydrogens (tertiary/aromatic N) is 5. The van der Waals surface area contributed by atoms with Crippen LogP contribution in [0.1, 0.15) is 31.0 Å². The highest BCUT2D eigenvalue weighted by Crippen LogP contribution is 2.28. The van der Waals surface area contributed by atoms with Crippen LogP contribution >= 0.6 is 11.8 Å². The van der Waals surface area contributed by atoms with E-state index in [1.54, 1.807) is 11.1 Å². The van der Waals surface area contributed by atoms with Crippen LogP contribution in [-0.2, 0) is 9.59 Å². The first kappa shape index (κ1) is 18.6. The van der Waals surface area contributed by atoms with E-state index in [1.807, 2.05) is 18.2 Å². The first-order chi connectivity index (χ1) is 13.6. The summed E-state index contributed by atoms with van der Waals surface area (Å²) in [4.78, 5) is 47.2. The van der Waals surface area contributed by atoms with Crippen LogP contribution in [0.5, 0.6) is 0 Å². The molecule has 0 spiro atoms. The zero-order valence-electron chi connectivity index (χ0n) is 15.1. The Balaban J connectivity index is 1.29. The summed E-state index contributed by atoms with van der Waals surface area (Å²) in [5, 5.41) is 3.81. The van der Waals surface area contributed by atoms with Gasteiger partial charge in [-0.25, -0.2) is 0 Å². The summed E-state index contributed by atoms with van der Waals surface area (Å²) in [6, 6.07) is 5.49. The van der Waals surface area contributed by atoms with Gasteiger partial charge in [0.15, 0.2) is 5.82 Å². The third kappa shape index (κ3) is 3.91. The van der Waals surface area contributed by atoms with Crippen molar-refractivity contribution in [1.82, 2.24) is 24.9 Å². The molecule has 2 aliphatic rings. The summed E-state index contributed by atoms with van der Waals surface area (Å²) in [6.07, 6.45) is 3.31. The highest BCUT2D eigenvalue weighted by Gasteiger charge is 2.31. The molecule has 28 heavy (non-hydrogen) atoms. The van der Waals surface area contributed by atoms with Gasteiger partial charge in [-0.3, -0.25) is 24.3 Å². The van der Waals surface area contributed by atoms with E-state index in [0.29, 0.717) is 30.5 Å². The molecular weight excluding hydrogens is 382 g/mol. The zero-order chi connectivity index (χ0) is 19.5. The second-order valence-electron chi connectivity index (χ2n) is 6.68. The summed E-state index contributed by atoms with van der Waals surface area (Å²) in [5.74, 6) is 1.07. The standard InChI is InChI=1S/C18H19N5O4S/c24-14(6-10-23-15(25)11-28-18(23)26)22-8-4-12(5-9-22)16-20-17(27-21-16)13-3-1-2-7-19-13/h1-3,7,12H,4-6,8-11H2. The van der Waals surface area contributed by atoms with E-state index in [9.17, 15) is 14.4 Å². The quantitative estimate of drug-likeness (QED) is 0.747. The minimum absolute atomic E-state index is 0.0433. The van der Waals surface area contributed by atoms with E-state index in [1.165, 1.54) is 0 Å². The predicted molar refractivity (Wildman–Crippen MR) is 100 cm³/mol. The molecule has 0 bridgehead atoms. The van der Waals surface area contributed by atoms with Crippen molar-refractivity contribution in [2.75, 3.05) is 25.4 Å². The van der Waals surface area contributed by atoms with Gasteiger partial charge in [0, 0.05) is 38.2 Å². The molecule has 10 heteroatoms. The summed E-state index contributed by atoms with van der Waals surface area (Å²) in [6.45, 7) is 1.34. The third-order valence-corrected chi connectivity index (χ3v) is 5.79. The summed E-state index contributed by atoms with van der Waals surface area (Å²) >= 11 is 0.984. The van der Waals surface area contributed by atoms with Crippen LogP contribution in [0.4, 0.5) is 4.79 Å². The topological polar surface area (TPSA) is 110 Å². The molecule has 2 aromatic heterocycles. The highest BCUT2D eigenvalue weighted by molar-refractivity contribution is 8.14. The van der Waals surface area contributed by atoms with Crippen LogP contribution in [0.3, 0.4) is 0 Å². The number of likely N-dealkylation sites (tertiary alicyclic amines) is 1. The summed E-state index contributed by atoms with van der Waals surface area (Å²) in [7, 11) is 0. The van der Waals surface area contributed by atoms with Crippen molar-refractivity contribution in [3.05, 3.63) is 30.2 Å². The van der Waals surface area contributed by atoms with Crippen molar-refractivity contribution in [1.29, 1.82) is 0 Å². The maximum atomic E-state index is 12.4. The Kier molecular flexibility index (Phi) is 5.38.